The predicted molar refractivity (Wildman–Crippen MR) is 78.5 cm³/mol. The molecule has 0 amide bonds. The Morgan fingerprint density at radius 3 is 3.00 bits per heavy atom. The van der Waals surface area contributed by atoms with E-state index in [9.17, 15) is 9.50 Å². The van der Waals surface area contributed by atoms with Crippen LogP contribution in [0.2, 0.25) is 0 Å². The molecule has 1 aliphatic rings. The van der Waals surface area contributed by atoms with Crippen LogP contribution in [0.25, 0.3) is 0 Å². The first-order valence-corrected chi connectivity index (χ1v) is 7.44. The number of hydrogen-bond acceptors (Lipinski definition) is 4. The van der Waals surface area contributed by atoms with Gasteiger partial charge in [0.2, 0.25) is 0 Å². The van der Waals surface area contributed by atoms with E-state index in [1.165, 1.54) is 6.07 Å². The van der Waals surface area contributed by atoms with Gasteiger partial charge in [-0.2, -0.15) is 0 Å². The van der Waals surface area contributed by atoms with Crippen molar-refractivity contribution < 1.29 is 19.0 Å². The van der Waals surface area contributed by atoms with E-state index in [2.05, 4.69) is 0 Å². The van der Waals surface area contributed by atoms with Crippen LogP contribution >= 0.6 is 0 Å². The second-order valence-corrected chi connectivity index (χ2v) is 5.61. The van der Waals surface area contributed by atoms with Crippen LogP contribution in [-0.4, -0.2) is 55.6 Å². The molecule has 1 saturated heterocycles. The van der Waals surface area contributed by atoms with Gasteiger partial charge in [-0.3, -0.25) is 4.90 Å². The summed E-state index contributed by atoms with van der Waals surface area (Å²) in [5, 5.41) is 9.94. The van der Waals surface area contributed by atoms with E-state index in [4.69, 9.17) is 9.47 Å². The lowest BCUT2D eigenvalue weighted by molar-refractivity contribution is -0.0239. The summed E-state index contributed by atoms with van der Waals surface area (Å²) in [5.41, 5.74) is 0.632. The van der Waals surface area contributed by atoms with Crippen molar-refractivity contribution in [2.75, 3.05) is 33.4 Å². The van der Waals surface area contributed by atoms with E-state index in [1.54, 1.807) is 12.1 Å². The summed E-state index contributed by atoms with van der Waals surface area (Å²) in [7, 11) is 1.86. The fourth-order valence-corrected chi connectivity index (χ4v) is 2.51. The highest BCUT2D eigenvalue weighted by molar-refractivity contribution is 5.16. The average molecular weight is 297 g/mol. The second kappa shape index (κ2) is 8.44. The second-order valence-electron chi connectivity index (χ2n) is 5.61. The summed E-state index contributed by atoms with van der Waals surface area (Å²) in [6.07, 6.45) is 1.71. The number of aliphatic hydroxyl groups is 1. The number of rotatable bonds is 8. The third kappa shape index (κ3) is 5.71. The van der Waals surface area contributed by atoms with E-state index in [1.807, 2.05) is 18.0 Å². The number of likely N-dealkylation sites (N-methyl/N-ethyl adjacent to an activating group) is 1. The van der Waals surface area contributed by atoms with Crippen molar-refractivity contribution in [1.82, 2.24) is 4.90 Å². The molecule has 0 aromatic heterocycles. The van der Waals surface area contributed by atoms with Crippen LogP contribution in [0.5, 0.6) is 0 Å². The standard InChI is InChI=1S/C16H24FNO3/c1-18(9-13-5-2-3-7-16(13)17)10-14(19)11-20-12-15-6-4-8-21-15/h2-3,5,7,14-15,19H,4,6,8-12H2,1H3. The molecule has 21 heavy (non-hydrogen) atoms. The lowest BCUT2D eigenvalue weighted by Gasteiger charge is -2.21. The molecule has 0 spiro atoms. The third-order valence-corrected chi connectivity index (χ3v) is 3.56. The van der Waals surface area contributed by atoms with Crippen molar-refractivity contribution >= 4 is 0 Å². The summed E-state index contributed by atoms with van der Waals surface area (Å²) < 4.78 is 24.5. The Kier molecular flexibility index (Phi) is 6.57. The van der Waals surface area contributed by atoms with Crippen molar-refractivity contribution in [1.29, 1.82) is 0 Å². The molecule has 0 radical (unpaired) electrons. The quantitative estimate of drug-likeness (QED) is 0.795. The van der Waals surface area contributed by atoms with E-state index in [0.29, 0.717) is 25.3 Å². The van der Waals surface area contributed by atoms with Crippen LogP contribution in [0, 0.1) is 5.82 Å². The molecule has 1 aromatic rings. The molecule has 5 heteroatoms. The van der Waals surface area contributed by atoms with Crippen LogP contribution in [0.4, 0.5) is 4.39 Å². The highest BCUT2D eigenvalue weighted by atomic mass is 19.1. The van der Waals surface area contributed by atoms with Crippen molar-refractivity contribution in [3.05, 3.63) is 35.6 Å². The summed E-state index contributed by atoms with van der Waals surface area (Å²) >= 11 is 0. The predicted octanol–water partition coefficient (Wildman–Crippen LogP) is 1.81. The van der Waals surface area contributed by atoms with Gasteiger partial charge in [0, 0.05) is 25.3 Å². The van der Waals surface area contributed by atoms with Crippen molar-refractivity contribution in [3.8, 4) is 0 Å². The van der Waals surface area contributed by atoms with E-state index >= 15 is 0 Å². The van der Waals surface area contributed by atoms with Gasteiger partial charge in [-0.15, -0.1) is 0 Å². The maximum absolute atomic E-state index is 13.5. The minimum atomic E-state index is -0.580. The molecule has 4 nitrogen and oxygen atoms in total. The molecular formula is C16H24FNO3. The fraction of sp³-hybridized carbons (Fsp3) is 0.625. The molecule has 1 heterocycles. The Bertz CT molecular complexity index is 424. The van der Waals surface area contributed by atoms with Crippen LogP contribution in [0.3, 0.4) is 0 Å². The molecule has 118 valence electrons. The number of hydrogen-bond donors (Lipinski definition) is 1. The number of benzene rings is 1. The number of halogens is 1. The smallest absolute Gasteiger partial charge is 0.127 e. The maximum atomic E-state index is 13.5. The van der Waals surface area contributed by atoms with Gasteiger partial charge in [0.05, 0.1) is 25.4 Å². The summed E-state index contributed by atoms with van der Waals surface area (Å²) in [6.45, 7) is 2.53. The number of aliphatic hydroxyl groups excluding tert-OH is 1. The lowest BCUT2D eigenvalue weighted by Crippen LogP contribution is -2.33. The van der Waals surface area contributed by atoms with Crippen LogP contribution in [0.15, 0.2) is 24.3 Å². The first-order chi connectivity index (χ1) is 10.1. The van der Waals surface area contributed by atoms with Gasteiger partial charge in [0.15, 0.2) is 0 Å². The molecule has 1 aromatic carbocycles. The number of nitrogens with zero attached hydrogens (tertiary/aromatic N) is 1. The van der Waals surface area contributed by atoms with Crippen LogP contribution in [-0.2, 0) is 16.0 Å². The van der Waals surface area contributed by atoms with E-state index in [-0.39, 0.29) is 18.5 Å². The van der Waals surface area contributed by atoms with Gasteiger partial charge in [-0.05, 0) is 26.0 Å². The minimum Gasteiger partial charge on any atom is -0.389 e. The zero-order chi connectivity index (χ0) is 15.1. The normalized spacial score (nSPS) is 20.1. The molecule has 1 N–H and O–H groups in total. The Balaban J connectivity index is 1.64. The third-order valence-electron chi connectivity index (χ3n) is 3.56. The first kappa shape index (κ1) is 16.4. The van der Waals surface area contributed by atoms with Gasteiger partial charge < -0.3 is 14.6 Å². The fourth-order valence-electron chi connectivity index (χ4n) is 2.51. The van der Waals surface area contributed by atoms with E-state index in [0.717, 1.165) is 19.4 Å². The van der Waals surface area contributed by atoms with Crippen LogP contribution in [0.1, 0.15) is 18.4 Å². The molecular weight excluding hydrogens is 273 g/mol. The zero-order valence-corrected chi connectivity index (χ0v) is 12.5. The molecule has 0 bridgehead atoms. The van der Waals surface area contributed by atoms with Gasteiger partial charge in [0.1, 0.15) is 5.82 Å². The molecule has 1 fully saturated rings. The molecule has 2 unspecified atom stereocenters. The van der Waals surface area contributed by atoms with E-state index < -0.39 is 6.10 Å². The minimum absolute atomic E-state index is 0.174. The molecule has 0 saturated carbocycles. The Morgan fingerprint density at radius 2 is 2.29 bits per heavy atom. The van der Waals surface area contributed by atoms with Gasteiger partial charge >= 0.3 is 0 Å². The lowest BCUT2D eigenvalue weighted by atomic mass is 10.2. The first-order valence-electron chi connectivity index (χ1n) is 7.44. The largest absolute Gasteiger partial charge is 0.389 e. The molecule has 2 rings (SSSR count). The Labute approximate surface area is 125 Å². The van der Waals surface area contributed by atoms with Crippen molar-refractivity contribution in [2.45, 2.75) is 31.6 Å². The zero-order valence-electron chi connectivity index (χ0n) is 12.5. The topological polar surface area (TPSA) is 41.9 Å². The summed E-state index contributed by atoms with van der Waals surface area (Å²) in [4.78, 5) is 1.89. The van der Waals surface area contributed by atoms with Crippen molar-refractivity contribution in [3.63, 3.8) is 0 Å². The molecule has 0 aliphatic carbocycles. The Morgan fingerprint density at radius 1 is 1.48 bits per heavy atom. The summed E-state index contributed by atoms with van der Waals surface area (Å²) in [5.74, 6) is -0.214. The Hall–Kier alpha value is -1.01. The molecule has 2 atom stereocenters. The summed E-state index contributed by atoms with van der Waals surface area (Å²) in [6, 6.07) is 6.69. The highest BCUT2D eigenvalue weighted by Gasteiger charge is 2.16. The van der Waals surface area contributed by atoms with Crippen LogP contribution < -0.4 is 0 Å². The van der Waals surface area contributed by atoms with Crippen molar-refractivity contribution in [2.24, 2.45) is 0 Å². The van der Waals surface area contributed by atoms with Gasteiger partial charge in [-0.25, -0.2) is 4.39 Å². The average Bonchev–Trinajstić information content (AvgIpc) is 2.94. The highest BCUT2D eigenvalue weighted by Crippen LogP contribution is 2.12. The number of ether oxygens (including phenoxy) is 2. The van der Waals surface area contributed by atoms with Gasteiger partial charge in [-0.1, -0.05) is 18.2 Å². The maximum Gasteiger partial charge on any atom is 0.127 e. The SMILES string of the molecule is CN(Cc1ccccc1F)CC(O)COCC1CCCO1. The van der Waals surface area contributed by atoms with Gasteiger partial charge in [0.25, 0.3) is 0 Å². The monoisotopic (exact) mass is 297 g/mol. The molecule has 1 aliphatic heterocycles.